The first-order chi connectivity index (χ1) is 9.17. The fraction of sp³-hybridized carbons (Fsp3) is 0.467. The van der Waals surface area contributed by atoms with Crippen LogP contribution in [0, 0.1) is 5.92 Å². The van der Waals surface area contributed by atoms with Crippen LogP contribution < -0.4 is 0 Å². The van der Waals surface area contributed by atoms with Crippen molar-refractivity contribution >= 4 is 23.5 Å². The maximum atomic E-state index is 11.7. The Morgan fingerprint density at radius 3 is 2.50 bits per heavy atom. The normalized spacial score (nSPS) is 12.8. The monoisotopic (exact) mass is 298 g/mol. The molecule has 0 heterocycles. The summed E-state index contributed by atoms with van der Waals surface area (Å²) in [7, 11) is 0. The quantitative estimate of drug-likeness (QED) is 0.847. The van der Waals surface area contributed by atoms with E-state index in [1.54, 1.807) is 45.0 Å². The lowest BCUT2D eigenvalue weighted by molar-refractivity contribution is -0.159. The van der Waals surface area contributed by atoms with Gasteiger partial charge in [0.2, 0.25) is 0 Å². The predicted molar refractivity (Wildman–Crippen MR) is 76.7 cm³/mol. The topological polar surface area (TPSA) is 63.6 Å². The molecule has 0 saturated carbocycles. The summed E-state index contributed by atoms with van der Waals surface area (Å²) in [5, 5.41) is 9.76. The van der Waals surface area contributed by atoms with Crippen molar-refractivity contribution in [2.75, 3.05) is 0 Å². The van der Waals surface area contributed by atoms with Gasteiger partial charge in [-0.1, -0.05) is 23.7 Å². The van der Waals surface area contributed by atoms with Crippen molar-refractivity contribution in [3.8, 4) is 0 Å². The van der Waals surface area contributed by atoms with Crippen LogP contribution in [0.1, 0.15) is 32.8 Å². The van der Waals surface area contributed by atoms with E-state index in [0.29, 0.717) is 5.02 Å². The Morgan fingerprint density at radius 1 is 1.35 bits per heavy atom. The number of rotatable bonds is 5. The molecule has 0 saturated heterocycles. The molecule has 5 heteroatoms. The fourth-order valence-electron chi connectivity index (χ4n) is 1.78. The van der Waals surface area contributed by atoms with Crippen LogP contribution in [0.4, 0.5) is 0 Å². The number of aliphatic carboxylic acids is 1. The van der Waals surface area contributed by atoms with Crippen molar-refractivity contribution in [3.63, 3.8) is 0 Å². The lowest BCUT2D eigenvalue weighted by atomic mass is 9.96. The van der Waals surface area contributed by atoms with Gasteiger partial charge in [0.15, 0.2) is 0 Å². The zero-order chi connectivity index (χ0) is 15.3. The lowest BCUT2D eigenvalue weighted by Crippen LogP contribution is -2.28. The second-order valence-electron chi connectivity index (χ2n) is 5.66. The molecule has 0 radical (unpaired) electrons. The van der Waals surface area contributed by atoms with Gasteiger partial charge in [-0.05, 0) is 44.9 Å². The molecule has 0 aliphatic rings. The third kappa shape index (κ3) is 6.06. The van der Waals surface area contributed by atoms with E-state index in [0.717, 1.165) is 5.56 Å². The van der Waals surface area contributed by atoms with Gasteiger partial charge in [0.05, 0.1) is 12.3 Å². The number of halogens is 1. The van der Waals surface area contributed by atoms with Crippen molar-refractivity contribution in [1.82, 2.24) is 0 Å². The van der Waals surface area contributed by atoms with E-state index >= 15 is 0 Å². The molecule has 0 unspecified atom stereocenters. The molecular formula is C15H19ClO4. The molecule has 20 heavy (non-hydrogen) atoms. The summed E-state index contributed by atoms with van der Waals surface area (Å²) in [4.78, 5) is 23.0. The highest BCUT2D eigenvalue weighted by molar-refractivity contribution is 6.30. The van der Waals surface area contributed by atoms with Crippen molar-refractivity contribution in [2.45, 2.75) is 39.2 Å². The minimum absolute atomic E-state index is 0.154. The molecule has 0 aliphatic carbocycles. The van der Waals surface area contributed by atoms with Gasteiger partial charge in [-0.2, -0.15) is 0 Å². The molecule has 0 amide bonds. The van der Waals surface area contributed by atoms with Crippen LogP contribution in [0.15, 0.2) is 24.3 Å². The Morgan fingerprint density at radius 2 is 2.00 bits per heavy atom. The molecule has 0 bridgehead atoms. The van der Waals surface area contributed by atoms with Crippen LogP contribution >= 0.6 is 11.6 Å². The molecule has 0 spiro atoms. The van der Waals surface area contributed by atoms with Gasteiger partial charge >= 0.3 is 11.9 Å². The average molecular weight is 299 g/mol. The zero-order valence-corrected chi connectivity index (χ0v) is 12.6. The van der Waals surface area contributed by atoms with Gasteiger partial charge in [0.1, 0.15) is 5.60 Å². The largest absolute Gasteiger partial charge is 0.481 e. The number of hydrogen-bond donors (Lipinski definition) is 1. The predicted octanol–water partition coefficient (Wildman–Crippen LogP) is 3.32. The summed E-state index contributed by atoms with van der Waals surface area (Å²) >= 11 is 5.86. The Kier molecular flexibility index (Phi) is 5.57. The average Bonchev–Trinajstić information content (AvgIpc) is 2.25. The second-order valence-corrected chi connectivity index (χ2v) is 6.10. The molecule has 1 atom stereocenters. The number of carbonyl (C=O) groups is 2. The van der Waals surface area contributed by atoms with Gasteiger partial charge in [0.25, 0.3) is 0 Å². The van der Waals surface area contributed by atoms with Gasteiger partial charge in [-0.15, -0.1) is 0 Å². The molecular weight excluding hydrogens is 280 g/mol. The van der Waals surface area contributed by atoms with Crippen molar-refractivity contribution in [3.05, 3.63) is 34.9 Å². The zero-order valence-electron chi connectivity index (χ0n) is 11.9. The molecule has 1 aromatic carbocycles. The SMILES string of the molecule is CC(C)(C)OC(=O)C[C@@H](Cc1cccc(Cl)c1)C(=O)O. The summed E-state index contributed by atoms with van der Waals surface area (Å²) in [6.07, 6.45) is 0.0915. The minimum atomic E-state index is -1.02. The summed E-state index contributed by atoms with van der Waals surface area (Å²) in [6, 6.07) is 6.96. The standard InChI is InChI=1S/C15H19ClO4/c1-15(2,3)20-13(17)9-11(14(18)19)7-10-5-4-6-12(16)8-10/h4-6,8,11H,7,9H2,1-3H3,(H,18,19)/t11-/m1/s1. The third-order valence-electron chi connectivity index (χ3n) is 2.55. The Labute approximate surface area is 123 Å². The maximum absolute atomic E-state index is 11.7. The van der Waals surface area contributed by atoms with E-state index in [4.69, 9.17) is 16.3 Å². The minimum Gasteiger partial charge on any atom is -0.481 e. The van der Waals surface area contributed by atoms with Crippen LogP contribution in [0.2, 0.25) is 5.02 Å². The first-order valence-electron chi connectivity index (χ1n) is 6.36. The van der Waals surface area contributed by atoms with Crippen LogP contribution in [0.3, 0.4) is 0 Å². The number of ether oxygens (including phenoxy) is 1. The Hall–Kier alpha value is -1.55. The first kappa shape index (κ1) is 16.5. The van der Waals surface area contributed by atoms with Crippen molar-refractivity contribution < 1.29 is 19.4 Å². The van der Waals surface area contributed by atoms with Gasteiger partial charge in [-0.25, -0.2) is 0 Å². The molecule has 1 aromatic rings. The van der Waals surface area contributed by atoms with Crippen LogP contribution in [-0.4, -0.2) is 22.6 Å². The maximum Gasteiger partial charge on any atom is 0.307 e. The van der Waals surface area contributed by atoms with E-state index in [2.05, 4.69) is 0 Å². The number of esters is 1. The third-order valence-corrected chi connectivity index (χ3v) is 2.79. The molecule has 0 aromatic heterocycles. The number of hydrogen-bond acceptors (Lipinski definition) is 3. The first-order valence-corrected chi connectivity index (χ1v) is 6.74. The molecule has 110 valence electrons. The smallest absolute Gasteiger partial charge is 0.307 e. The van der Waals surface area contributed by atoms with E-state index in [1.165, 1.54) is 0 Å². The Balaban J connectivity index is 2.71. The molecule has 0 fully saturated rings. The van der Waals surface area contributed by atoms with Crippen LogP contribution in [0.25, 0.3) is 0 Å². The highest BCUT2D eigenvalue weighted by Crippen LogP contribution is 2.19. The van der Waals surface area contributed by atoms with E-state index in [1.807, 2.05) is 0 Å². The van der Waals surface area contributed by atoms with Crippen molar-refractivity contribution in [1.29, 1.82) is 0 Å². The molecule has 0 aliphatic heterocycles. The number of carbonyl (C=O) groups excluding carboxylic acids is 1. The van der Waals surface area contributed by atoms with E-state index in [-0.39, 0.29) is 12.8 Å². The summed E-state index contributed by atoms with van der Waals surface area (Å²) in [5.41, 5.74) is 0.171. The summed E-state index contributed by atoms with van der Waals surface area (Å²) in [5.74, 6) is -2.34. The summed E-state index contributed by atoms with van der Waals surface area (Å²) in [6.45, 7) is 5.24. The lowest BCUT2D eigenvalue weighted by Gasteiger charge is -2.21. The number of carboxylic acid groups (broad SMARTS) is 1. The van der Waals surface area contributed by atoms with Gasteiger partial charge in [0, 0.05) is 5.02 Å². The van der Waals surface area contributed by atoms with Crippen LogP contribution in [0.5, 0.6) is 0 Å². The molecule has 1 N–H and O–H groups in total. The van der Waals surface area contributed by atoms with Crippen LogP contribution in [-0.2, 0) is 20.7 Å². The molecule has 1 rings (SSSR count). The Bertz CT molecular complexity index is 491. The van der Waals surface area contributed by atoms with Gasteiger partial charge < -0.3 is 9.84 Å². The molecule has 4 nitrogen and oxygen atoms in total. The number of benzene rings is 1. The van der Waals surface area contributed by atoms with Crippen molar-refractivity contribution in [2.24, 2.45) is 5.92 Å². The van der Waals surface area contributed by atoms with E-state index in [9.17, 15) is 14.7 Å². The second kappa shape index (κ2) is 6.75. The summed E-state index contributed by atoms with van der Waals surface area (Å²) < 4.78 is 5.15. The highest BCUT2D eigenvalue weighted by atomic mass is 35.5. The van der Waals surface area contributed by atoms with Gasteiger partial charge in [-0.3, -0.25) is 9.59 Å². The fourth-order valence-corrected chi connectivity index (χ4v) is 1.99. The highest BCUT2D eigenvalue weighted by Gasteiger charge is 2.25. The number of carboxylic acids is 1. The van der Waals surface area contributed by atoms with E-state index < -0.39 is 23.5 Å².